The first kappa shape index (κ1) is 13.1. The second-order valence-corrected chi connectivity index (χ2v) is 5.41. The predicted molar refractivity (Wildman–Crippen MR) is 61.4 cm³/mol. The molecule has 0 bridgehead atoms. The Morgan fingerprint density at radius 1 is 1.44 bits per heavy atom. The van der Waals surface area contributed by atoms with Crippen LogP contribution < -0.4 is 5.32 Å². The van der Waals surface area contributed by atoms with Crippen LogP contribution in [0.25, 0.3) is 0 Å². The van der Waals surface area contributed by atoms with Gasteiger partial charge in [-0.05, 0) is 18.2 Å². The molecule has 1 aromatic carbocycles. The van der Waals surface area contributed by atoms with Crippen LogP contribution in [0.3, 0.4) is 0 Å². The van der Waals surface area contributed by atoms with Crippen LogP contribution in [-0.4, -0.2) is 26.6 Å². The highest BCUT2D eigenvalue weighted by Crippen LogP contribution is 2.11. The average molecular weight is 310 g/mol. The third-order valence-corrected chi connectivity index (χ3v) is 2.90. The van der Waals surface area contributed by atoms with Gasteiger partial charge in [0.1, 0.15) is 0 Å². The molecule has 4 nitrogen and oxygen atoms in total. The molecule has 7 heteroatoms. The maximum atomic E-state index is 12.1. The fourth-order valence-corrected chi connectivity index (χ4v) is 1.76. The Labute approximate surface area is 101 Å². The molecule has 0 saturated heterocycles. The summed E-state index contributed by atoms with van der Waals surface area (Å²) in [4.78, 5) is 11.4. The number of carbonyl (C=O) groups excluding carboxylic acids is 1. The molecular formula is C9H9BrFNO3S. The molecule has 1 aromatic rings. The topological polar surface area (TPSA) is 63.2 Å². The van der Waals surface area contributed by atoms with Crippen molar-refractivity contribution in [3.05, 3.63) is 34.3 Å². The first-order chi connectivity index (χ1) is 7.38. The smallest absolute Gasteiger partial charge is 0.304 e. The Balaban J connectivity index is 2.54. The summed E-state index contributed by atoms with van der Waals surface area (Å²) in [6.07, 6.45) is 0. The molecule has 0 aliphatic rings. The lowest BCUT2D eigenvalue weighted by molar-refractivity contribution is 0.0956. The average Bonchev–Trinajstić information content (AvgIpc) is 2.15. The van der Waals surface area contributed by atoms with Gasteiger partial charge in [-0.15, -0.1) is 3.89 Å². The van der Waals surface area contributed by atoms with Crippen molar-refractivity contribution < 1.29 is 17.1 Å². The van der Waals surface area contributed by atoms with Crippen LogP contribution in [0.1, 0.15) is 10.4 Å². The van der Waals surface area contributed by atoms with Crippen LogP contribution in [-0.2, 0) is 10.2 Å². The summed E-state index contributed by atoms with van der Waals surface area (Å²) in [5.41, 5.74) is 0.380. The zero-order chi connectivity index (χ0) is 12.2. The molecule has 1 N–H and O–H groups in total. The summed E-state index contributed by atoms with van der Waals surface area (Å²) in [7, 11) is -4.53. The van der Waals surface area contributed by atoms with Gasteiger partial charge in [0.2, 0.25) is 0 Å². The molecule has 0 radical (unpaired) electrons. The van der Waals surface area contributed by atoms with Gasteiger partial charge >= 0.3 is 10.2 Å². The Bertz CT molecular complexity index is 489. The fourth-order valence-electron chi connectivity index (χ4n) is 1.02. The van der Waals surface area contributed by atoms with Crippen LogP contribution in [0.4, 0.5) is 3.89 Å². The SMILES string of the molecule is O=C(NCCS(=O)(=O)F)c1cccc(Br)c1. The summed E-state index contributed by atoms with van der Waals surface area (Å²) in [6.45, 7) is -0.246. The van der Waals surface area contributed by atoms with Gasteiger partial charge in [-0.2, -0.15) is 8.42 Å². The molecule has 88 valence electrons. The van der Waals surface area contributed by atoms with E-state index < -0.39 is 21.9 Å². The highest BCUT2D eigenvalue weighted by Gasteiger charge is 2.09. The Hall–Kier alpha value is -0.950. The summed E-state index contributed by atoms with van der Waals surface area (Å²) in [5.74, 6) is -1.16. The van der Waals surface area contributed by atoms with Gasteiger partial charge in [0.05, 0.1) is 5.75 Å². The number of benzene rings is 1. The maximum Gasteiger partial charge on any atom is 0.304 e. The molecule has 0 heterocycles. The largest absolute Gasteiger partial charge is 0.351 e. The summed E-state index contributed by atoms with van der Waals surface area (Å²) in [5, 5.41) is 2.30. The Morgan fingerprint density at radius 3 is 2.69 bits per heavy atom. The van der Waals surface area contributed by atoms with Gasteiger partial charge in [0.25, 0.3) is 5.91 Å². The Morgan fingerprint density at radius 2 is 2.12 bits per heavy atom. The lowest BCUT2D eigenvalue weighted by Crippen LogP contribution is -2.28. The minimum Gasteiger partial charge on any atom is -0.351 e. The third kappa shape index (κ3) is 4.71. The number of halogens is 2. The normalized spacial score (nSPS) is 11.1. The first-order valence-corrected chi connectivity index (χ1v) is 6.69. The molecule has 0 fully saturated rings. The van der Waals surface area contributed by atoms with Gasteiger partial charge in [-0.25, -0.2) is 0 Å². The van der Waals surface area contributed by atoms with Crippen molar-refractivity contribution in [3.63, 3.8) is 0 Å². The predicted octanol–water partition coefficient (Wildman–Crippen LogP) is 1.48. The van der Waals surface area contributed by atoms with Crippen LogP contribution in [0.5, 0.6) is 0 Å². The van der Waals surface area contributed by atoms with Crippen LogP contribution in [0.15, 0.2) is 28.7 Å². The molecule has 0 aromatic heterocycles. The monoisotopic (exact) mass is 309 g/mol. The van der Waals surface area contributed by atoms with Crippen LogP contribution in [0, 0.1) is 0 Å². The second-order valence-electron chi connectivity index (χ2n) is 3.01. The molecule has 0 aliphatic heterocycles. The molecule has 0 saturated carbocycles. The lowest BCUT2D eigenvalue weighted by Gasteiger charge is -2.03. The minimum atomic E-state index is -4.53. The van der Waals surface area contributed by atoms with Crippen molar-refractivity contribution in [2.75, 3.05) is 12.3 Å². The molecule has 1 rings (SSSR count). The Kier molecular flexibility index (Phi) is 4.43. The molecule has 0 aliphatic carbocycles. The number of amides is 1. The van der Waals surface area contributed by atoms with E-state index in [9.17, 15) is 17.1 Å². The number of hydrogen-bond acceptors (Lipinski definition) is 3. The van der Waals surface area contributed by atoms with Crippen molar-refractivity contribution in [1.29, 1.82) is 0 Å². The van der Waals surface area contributed by atoms with Crippen LogP contribution >= 0.6 is 15.9 Å². The summed E-state index contributed by atoms with van der Waals surface area (Å²) in [6, 6.07) is 6.58. The molecule has 0 unspecified atom stereocenters. The summed E-state index contributed by atoms with van der Waals surface area (Å²) < 4.78 is 33.2. The highest BCUT2D eigenvalue weighted by molar-refractivity contribution is 9.10. The minimum absolute atomic E-state index is 0.246. The molecule has 0 spiro atoms. The zero-order valence-electron chi connectivity index (χ0n) is 8.11. The van der Waals surface area contributed by atoms with E-state index in [0.29, 0.717) is 5.56 Å². The fraction of sp³-hybridized carbons (Fsp3) is 0.222. The summed E-state index contributed by atoms with van der Waals surface area (Å²) >= 11 is 3.19. The number of nitrogens with one attached hydrogen (secondary N) is 1. The molecule has 1 amide bonds. The van der Waals surface area contributed by atoms with E-state index in [-0.39, 0.29) is 6.54 Å². The third-order valence-electron chi connectivity index (χ3n) is 1.72. The van der Waals surface area contributed by atoms with E-state index in [0.717, 1.165) is 4.47 Å². The van der Waals surface area contributed by atoms with Crippen molar-refractivity contribution >= 4 is 32.1 Å². The van der Waals surface area contributed by atoms with E-state index in [2.05, 4.69) is 21.2 Å². The number of rotatable bonds is 4. The maximum absolute atomic E-state index is 12.1. The lowest BCUT2D eigenvalue weighted by atomic mass is 10.2. The number of hydrogen-bond donors (Lipinski definition) is 1. The van der Waals surface area contributed by atoms with Gasteiger partial charge in [-0.1, -0.05) is 22.0 Å². The molecular weight excluding hydrogens is 301 g/mol. The van der Waals surface area contributed by atoms with E-state index >= 15 is 0 Å². The van der Waals surface area contributed by atoms with Gasteiger partial charge in [0, 0.05) is 16.6 Å². The van der Waals surface area contributed by atoms with Gasteiger partial charge in [-0.3, -0.25) is 4.79 Å². The molecule has 0 atom stereocenters. The first-order valence-electron chi connectivity index (χ1n) is 4.34. The van der Waals surface area contributed by atoms with Gasteiger partial charge < -0.3 is 5.32 Å². The zero-order valence-corrected chi connectivity index (χ0v) is 10.5. The van der Waals surface area contributed by atoms with Crippen molar-refractivity contribution in [1.82, 2.24) is 5.32 Å². The highest BCUT2D eigenvalue weighted by atomic mass is 79.9. The van der Waals surface area contributed by atoms with E-state index in [1.165, 1.54) is 0 Å². The van der Waals surface area contributed by atoms with Gasteiger partial charge in [0.15, 0.2) is 0 Å². The van der Waals surface area contributed by atoms with Crippen molar-refractivity contribution in [2.24, 2.45) is 0 Å². The molecule has 16 heavy (non-hydrogen) atoms. The van der Waals surface area contributed by atoms with Crippen molar-refractivity contribution in [2.45, 2.75) is 0 Å². The number of carbonyl (C=O) groups is 1. The van der Waals surface area contributed by atoms with E-state index in [1.54, 1.807) is 24.3 Å². The standard InChI is InChI=1S/C9H9BrFNO3S/c10-8-3-1-2-7(6-8)9(13)12-4-5-16(11,14)15/h1-3,6H,4-5H2,(H,12,13). The van der Waals surface area contributed by atoms with E-state index in [4.69, 9.17) is 0 Å². The second kappa shape index (κ2) is 5.40. The quantitative estimate of drug-likeness (QED) is 0.857. The van der Waals surface area contributed by atoms with E-state index in [1.807, 2.05) is 0 Å². The van der Waals surface area contributed by atoms with Crippen LogP contribution in [0.2, 0.25) is 0 Å². The van der Waals surface area contributed by atoms with Crippen molar-refractivity contribution in [3.8, 4) is 0 Å².